The molecule has 0 spiro atoms. The van der Waals surface area contributed by atoms with Crippen LogP contribution in [0.2, 0.25) is 10.0 Å². The maximum absolute atomic E-state index is 12.3. The van der Waals surface area contributed by atoms with E-state index in [1.165, 1.54) is 37.3 Å². The molecule has 6 nitrogen and oxygen atoms in total. The van der Waals surface area contributed by atoms with Crippen LogP contribution in [0.4, 0.5) is 0 Å². The first kappa shape index (κ1) is 23.3. The fourth-order valence-corrected chi connectivity index (χ4v) is 3.64. The molecule has 0 saturated heterocycles. The average molecular weight is 459 g/mol. The highest BCUT2D eigenvalue weighted by Crippen LogP contribution is 2.28. The largest absolute Gasteiger partial charge is 0.493 e. The summed E-state index contributed by atoms with van der Waals surface area (Å²) in [6.07, 6.45) is 5.85. The lowest BCUT2D eigenvalue weighted by Gasteiger charge is -2.11. The molecule has 0 aromatic heterocycles. The second kappa shape index (κ2) is 11.3. The van der Waals surface area contributed by atoms with Crippen molar-refractivity contribution < 1.29 is 17.9 Å². The van der Waals surface area contributed by atoms with Crippen LogP contribution < -0.4 is 14.3 Å². The molecule has 0 fully saturated rings. The Labute approximate surface area is 181 Å². The van der Waals surface area contributed by atoms with Crippen LogP contribution >= 0.6 is 23.2 Å². The van der Waals surface area contributed by atoms with Gasteiger partial charge in [-0.25, -0.2) is 4.83 Å². The van der Waals surface area contributed by atoms with Crippen molar-refractivity contribution in [2.75, 3.05) is 13.7 Å². The van der Waals surface area contributed by atoms with Crippen LogP contribution in [0.3, 0.4) is 0 Å². The molecule has 0 aliphatic rings. The van der Waals surface area contributed by atoms with Gasteiger partial charge in [0.2, 0.25) is 0 Å². The summed E-state index contributed by atoms with van der Waals surface area (Å²) >= 11 is 11.7. The minimum Gasteiger partial charge on any atom is -0.493 e. The van der Waals surface area contributed by atoms with Crippen molar-refractivity contribution in [3.05, 3.63) is 52.0 Å². The topological polar surface area (TPSA) is 77.0 Å². The van der Waals surface area contributed by atoms with Gasteiger partial charge in [0.05, 0.1) is 34.9 Å². The Morgan fingerprint density at radius 3 is 2.52 bits per heavy atom. The molecule has 29 heavy (non-hydrogen) atoms. The molecule has 0 amide bonds. The average Bonchev–Trinajstić information content (AvgIpc) is 2.70. The minimum absolute atomic E-state index is 0.0338. The molecular formula is C20H24Cl2N2O4S. The summed E-state index contributed by atoms with van der Waals surface area (Å²) < 4.78 is 35.7. The zero-order valence-corrected chi connectivity index (χ0v) is 18.6. The van der Waals surface area contributed by atoms with Gasteiger partial charge in [0, 0.05) is 0 Å². The molecule has 2 aromatic carbocycles. The third kappa shape index (κ3) is 7.10. The lowest BCUT2D eigenvalue weighted by Crippen LogP contribution is -2.18. The predicted molar refractivity (Wildman–Crippen MR) is 117 cm³/mol. The Balaban J connectivity index is 2.01. The molecule has 0 bridgehead atoms. The molecular weight excluding hydrogens is 435 g/mol. The number of nitrogens with one attached hydrogen (secondary N) is 1. The number of hydrogen-bond donors (Lipinski definition) is 1. The molecule has 1 N–H and O–H groups in total. The number of halogens is 2. The highest BCUT2D eigenvalue weighted by Gasteiger charge is 2.14. The first-order chi connectivity index (χ1) is 13.9. The molecule has 158 valence electrons. The molecule has 2 aromatic rings. The number of ether oxygens (including phenoxy) is 2. The van der Waals surface area contributed by atoms with E-state index in [2.05, 4.69) is 16.9 Å². The smallest absolute Gasteiger partial charge is 0.276 e. The Hall–Kier alpha value is -1.96. The van der Waals surface area contributed by atoms with Gasteiger partial charge in [-0.15, -0.1) is 0 Å². The van der Waals surface area contributed by atoms with E-state index in [1.807, 2.05) is 0 Å². The molecule has 0 aliphatic heterocycles. The number of sulfonamides is 1. The quantitative estimate of drug-likeness (QED) is 0.282. The highest BCUT2D eigenvalue weighted by molar-refractivity contribution is 7.89. The van der Waals surface area contributed by atoms with Gasteiger partial charge in [-0.3, -0.25) is 0 Å². The third-order valence-corrected chi connectivity index (χ3v) is 5.99. The molecule has 0 unspecified atom stereocenters. The lowest BCUT2D eigenvalue weighted by molar-refractivity contribution is 0.285. The second-order valence-corrected chi connectivity index (χ2v) is 8.72. The SMILES string of the molecule is CCCCCCOc1ccc(/C=N/NS(=O)(=O)c2ccc(Cl)c(Cl)c2)cc1OC. The standard InChI is InChI=1S/C20H24Cl2N2O4S/c1-3-4-5-6-11-28-19-10-7-15(12-20(19)27-2)14-23-24-29(25,26)16-8-9-17(21)18(22)13-16/h7-10,12-14,24H,3-6,11H2,1-2H3/b23-14+. The fourth-order valence-electron chi connectivity index (χ4n) is 2.46. The van der Waals surface area contributed by atoms with E-state index in [0.29, 0.717) is 23.7 Å². The molecule has 9 heteroatoms. The Bertz CT molecular complexity index is 949. The van der Waals surface area contributed by atoms with Gasteiger partial charge in [0.1, 0.15) is 0 Å². The van der Waals surface area contributed by atoms with E-state index in [9.17, 15) is 8.42 Å². The van der Waals surface area contributed by atoms with Crippen LogP contribution in [0.1, 0.15) is 38.2 Å². The number of methoxy groups -OCH3 is 1. The summed E-state index contributed by atoms with van der Waals surface area (Å²) in [5.41, 5.74) is 0.650. The van der Waals surface area contributed by atoms with Gasteiger partial charge >= 0.3 is 0 Å². The maximum Gasteiger partial charge on any atom is 0.276 e. The first-order valence-electron chi connectivity index (χ1n) is 9.18. The summed E-state index contributed by atoms with van der Waals surface area (Å²) in [5, 5.41) is 4.23. The molecule has 0 heterocycles. The van der Waals surface area contributed by atoms with E-state index in [0.717, 1.165) is 12.8 Å². The van der Waals surface area contributed by atoms with E-state index < -0.39 is 10.0 Å². The molecule has 0 aliphatic carbocycles. The van der Waals surface area contributed by atoms with Crippen molar-refractivity contribution in [2.45, 2.75) is 37.5 Å². The fraction of sp³-hybridized carbons (Fsp3) is 0.350. The van der Waals surface area contributed by atoms with Gasteiger partial charge in [0.25, 0.3) is 10.0 Å². The van der Waals surface area contributed by atoms with Crippen LogP contribution in [0.5, 0.6) is 11.5 Å². The van der Waals surface area contributed by atoms with Crippen molar-refractivity contribution in [3.8, 4) is 11.5 Å². The normalized spacial score (nSPS) is 11.6. The van der Waals surface area contributed by atoms with E-state index in [1.54, 1.807) is 25.3 Å². The second-order valence-electron chi connectivity index (χ2n) is 6.25. The monoisotopic (exact) mass is 458 g/mol. The number of benzene rings is 2. The van der Waals surface area contributed by atoms with Gasteiger partial charge in [-0.05, 0) is 48.4 Å². The molecule has 0 saturated carbocycles. The molecule has 0 atom stereocenters. The summed E-state index contributed by atoms with van der Waals surface area (Å²) in [4.78, 5) is 2.11. The summed E-state index contributed by atoms with van der Waals surface area (Å²) in [5.74, 6) is 1.19. The number of hydrogen-bond acceptors (Lipinski definition) is 5. The van der Waals surface area contributed by atoms with Gasteiger partial charge in [-0.2, -0.15) is 13.5 Å². The zero-order valence-electron chi connectivity index (χ0n) is 16.3. The van der Waals surface area contributed by atoms with Crippen LogP contribution in [0, 0.1) is 0 Å². The van der Waals surface area contributed by atoms with Crippen LogP contribution in [0.15, 0.2) is 46.4 Å². The van der Waals surface area contributed by atoms with Crippen molar-refractivity contribution in [2.24, 2.45) is 5.10 Å². The lowest BCUT2D eigenvalue weighted by atomic mass is 10.2. The van der Waals surface area contributed by atoms with Crippen LogP contribution in [-0.4, -0.2) is 28.3 Å². The number of unbranched alkanes of at least 4 members (excludes halogenated alkanes) is 3. The van der Waals surface area contributed by atoms with E-state index >= 15 is 0 Å². The van der Waals surface area contributed by atoms with Crippen LogP contribution in [-0.2, 0) is 10.0 Å². The number of hydrazone groups is 1. The highest BCUT2D eigenvalue weighted by atomic mass is 35.5. The number of nitrogens with zero attached hydrogens (tertiary/aromatic N) is 1. The van der Waals surface area contributed by atoms with Gasteiger partial charge < -0.3 is 9.47 Å². The van der Waals surface area contributed by atoms with Crippen molar-refractivity contribution in [1.82, 2.24) is 4.83 Å². The number of rotatable bonds is 11. The summed E-state index contributed by atoms with van der Waals surface area (Å²) in [7, 11) is -2.31. The molecule has 2 rings (SSSR count). The van der Waals surface area contributed by atoms with Gasteiger partial charge in [0.15, 0.2) is 11.5 Å². The van der Waals surface area contributed by atoms with Gasteiger partial charge in [-0.1, -0.05) is 49.4 Å². The Morgan fingerprint density at radius 2 is 1.83 bits per heavy atom. The van der Waals surface area contributed by atoms with Crippen molar-refractivity contribution >= 4 is 39.4 Å². The van der Waals surface area contributed by atoms with E-state index in [4.69, 9.17) is 32.7 Å². The summed E-state index contributed by atoms with van der Waals surface area (Å²) in [6.45, 7) is 2.78. The summed E-state index contributed by atoms with van der Waals surface area (Å²) in [6, 6.07) is 9.28. The maximum atomic E-state index is 12.3. The Kier molecular flexibility index (Phi) is 9.07. The van der Waals surface area contributed by atoms with Crippen LogP contribution in [0.25, 0.3) is 0 Å². The van der Waals surface area contributed by atoms with Crippen molar-refractivity contribution in [1.29, 1.82) is 0 Å². The zero-order chi connectivity index (χ0) is 21.3. The predicted octanol–water partition coefficient (Wildman–Crippen LogP) is 5.27. The third-order valence-electron chi connectivity index (χ3n) is 4.03. The minimum atomic E-state index is -3.86. The van der Waals surface area contributed by atoms with E-state index in [-0.39, 0.29) is 14.9 Å². The molecule has 0 radical (unpaired) electrons. The first-order valence-corrected chi connectivity index (χ1v) is 11.4. The Morgan fingerprint density at radius 1 is 1.03 bits per heavy atom. The van der Waals surface area contributed by atoms with Crippen molar-refractivity contribution in [3.63, 3.8) is 0 Å².